The average molecular weight is 650 g/mol. The van der Waals surface area contributed by atoms with E-state index in [1.54, 1.807) is 6.20 Å². The predicted molar refractivity (Wildman–Crippen MR) is 183 cm³/mol. The van der Waals surface area contributed by atoms with Crippen LogP contribution in [0.5, 0.6) is 5.75 Å². The second-order valence-electron chi connectivity index (χ2n) is 11.2. The SMILES string of the molecule is NC(=O)C(c1cccc(-c2nn3ccccc3c2-c2ccnc(Nc3ccc(Cl)c(OCCN4CCCC4)c3)n2)c1)c1cccs1. The Kier molecular flexibility index (Phi) is 8.65. The van der Waals surface area contributed by atoms with Crippen LogP contribution in [0, 0.1) is 0 Å². The molecule has 1 amide bonds. The van der Waals surface area contributed by atoms with Crippen LogP contribution in [0.15, 0.2) is 96.6 Å². The van der Waals surface area contributed by atoms with E-state index in [9.17, 15) is 4.79 Å². The lowest BCUT2D eigenvalue weighted by Gasteiger charge is -2.16. The number of amides is 1. The second-order valence-corrected chi connectivity index (χ2v) is 12.5. The van der Waals surface area contributed by atoms with E-state index in [4.69, 9.17) is 32.2 Å². The van der Waals surface area contributed by atoms with Gasteiger partial charge in [0, 0.05) is 41.1 Å². The number of fused-ring (bicyclic) bond motifs is 1. The number of carbonyl (C=O) groups is 1. The van der Waals surface area contributed by atoms with Gasteiger partial charge in [0.25, 0.3) is 0 Å². The van der Waals surface area contributed by atoms with E-state index >= 15 is 0 Å². The van der Waals surface area contributed by atoms with Gasteiger partial charge in [-0.25, -0.2) is 14.5 Å². The van der Waals surface area contributed by atoms with Crippen molar-refractivity contribution >= 4 is 46.0 Å². The molecule has 1 unspecified atom stereocenters. The third kappa shape index (κ3) is 6.32. The van der Waals surface area contributed by atoms with Crippen molar-refractivity contribution in [3.8, 4) is 28.3 Å². The quantitative estimate of drug-likeness (QED) is 0.155. The molecule has 6 aromatic rings. The fraction of sp³-hybridized carbons (Fsp3) is 0.200. The summed E-state index contributed by atoms with van der Waals surface area (Å²) in [5.41, 5.74) is 11.5. The van der Waals surface area contributed by atoms with Crippen LogP contribution < -0.4 is 15.8 Å². The second kappa shape index (κ2) is 13.3. The van der Waals surface area contributed by atoms with Crippen molar-refractivity contribution in [3.05, 3.63) is 112 Å². The van der Waals surface area contributed by atoms with Gasteiger partial charge < -0.3 is 15.8 Å². The fourth-order valence-electron chi connectivity index (χ4n) is 5.91. The minimum Gasteiger partial charge on any atom is -0.491 e. The average Bonchev–Trinajstić information content (AvgIpc) is 3.85. The van der Waals surface area contributed by atoms with E-state index in [1.807, 2.05) is 95.0 Å². The number of carbonyl (C=O) groups excluding carboxylic acids is 1. The van der Waals surface area contributed by atoms with Gasteiger partial charge in [0.15, 0.2) is 0 Å². The van der Waals surface area contributed by atoms with Crippen LogP contribution in [0.1, 0.15) is 29.2 Å². The molecule has 0 spiro atoms. The number of nitrogens with two attached hydrogens (primary N) is 1. The van der Waals surface area contributed by atoms with Crippen molar-refractivity contribution in [2.45, 2.75) is 18.8 Å². The number of pyridine rings is 1. The van der Waals surface area contributed by atoms with Crippen molar-refractivity contribution in [1.29, 1.82) is 0 Å². The number of rotatable bonds is 11. The number of halogens is 1. The van der Waals surface area contributed by atoms with Gasteiger partial charge in [0.2, 0.25) is 11.9 Å². The van der Waals surface area contributed by atoms with E-state index in [0.717, 1.165) is 58.1 Å². The molecule has 46 heavy (non-hydrogen) atoms. The molecule has 1 fully saturated rings. The summed E-state index contributed by atoms with van der Waals surface area (Å²) in [5, 5.41) is 10.8. The Morgan fingerprint density at radius 3 is 2.76 bits per heavy atom. The predicted octanol–water partition coefficient (Wildman–Crippen LogP) is 7.01. The summed E-state index contributed by atoms with van der Waals surface area (Å²) in [5.74, 6) is 0.0837. The topological polar surface area (TPSA) is 111 Å². The number of nitrogens with one attached hydrogen (secondary N) is 1. The summed E-state index contributed by atoms with van der Waals surface area (Å²) in [6, 6.07) is 25.0. The number of anilines is 2. The highest BCUT2D eigenvalue weighted by Crippen LogP contribution is 2.37. The zero-order valence-corrected chi connectivity index (χ0v) is 26.5. The van der Waals surface area contributed by atoms with E-state index in [1.165, 1.54) is 24.2 Å². The number of likely N-dealkylation sites (tertiary alicyclic amines) is 1. The van der Waals surface area contributed by atoms with Crippen molar-refractivity contribution in [2.75, 3.05) is 31.6 Å². The number of aromatic nitrogens is 4. The van der Waals surface area contributed by atoms with E-state index in [-0.39, 0.29) is 0 Å². The Morgan fingerprint density at radius 2 is 1.93 bits per heavy atom. The summed E-state index contributed by atoms with van der Waals surface area (Å²) in [6.45, 7) is 3.69. The van der Waals surface area contributed by atoms with Crippen molar-refractivity contribution in [2.24, 2.45) is 5.73 Å². The summed E-state index contributed by atoms with van der Waals surface area (Å²) < 4.78 is 7.88. The number of benzene rings is 2. The molecule has 0 aliphatic carbocycles. The van der Waals surface area contributed by atoms with Crippen molar-refractivity contribution < 1.29 is 9.53 Å². The Labute approximate surface area is 275 Å². The largest absolute Gasteiger partial charge is 0.491 e. The van der Waals surface area contributed by atoms with Crippen LogP contribution in [-0.2, 0) is 4.79 Å². The van der Waals surface area contributed by atoms with E-state index in [0.29, 0.717) is 29.0 Å². The maximum atomic E-state index is 12.6. The lowest BCUT2D eigenvalue weighted by molar-refractivity contribution is -0.118. The smallest absolute Gasteiger partial charge is 0.230 e. The number of primary amides is 1. The molecule has 232 valence electrons. The third-order valence-electron chi connectivity index (χ3n) is 8.11. The number of ether oxygens (including phenoxy) is 1. The monoisotopic (exact) mass is 649 g/mol. The lowest BCUT2D eigenvalue weighted by Crippen LogP contribution is -2.25. The molecule has 5 heterocycles. The van der Waals surface area contributed by atoms with Crippen LogP contribution in [0.3, 0.4) is 0 Å². The van der Waals surface area contributed by atoms with Crippen LogP contribution in [-0.4, -0.2) is 56.6 Å². The number of hydrogen-bond acceptors (Lipinski definition) is 8. The van der Waals surface area contributed by atoms with Gasteiger partial charge in [-0.2, -0.15) is 5.10 Å². The lowest BCUT2D eigenvalue weighted by atomic mass is 9.93. The molecule has 2 aromatic carbocycles. The molecule has 0 radical (unpaired) electrons. The van der Waals surface area contributed by atoms with Gasteiger partial charge in [-0.05, 0) is 79.3 Å². The first kappa shape index (κ1) is 29.9. The van der Waals surface area contributed by atoms with Crippen LogP contribution >= 0.6 is 22.9 Å². The van der Waals surface area contributed by atoms with Crippen LogP contribution in [0.25, 0.3) is 28.0 Å². The molecule has 3 N–H and O–H groups in total. The summed E-state index contributed by atoms with van der Waals surface area (Å²) in [4.78, 5) is 25.3. The highest BCUT2D eigenvalue weighted by molar-refractivity contribution is 7.10. The van der Waals surface area contributed by atoms with Crippen LogP contribution in [0.4, 0.5) is 11.6 Å². The molecule has 1 aliphatic rings. The first-order valence-corrected chi connectivity index (χ1v) is 16.4. The normalized spacial score (nSPS) is 14.0. The molecule has 1 saturated heterocycles. The molecule has 11 heteroatoms. The Bertz CT molecular complexity index is 1990. The number of hydrogen-bond donors (Lipinski definition) is 2. The highest BCUT2D eigenvalue weighted by atomic mass is 35.5. The van der Waals surface area contributed by atoms with Gasteiger partial charge >= 0.3 is 0 Å². The molecule has 9 nitrogen and oxygen atoms in total. The third-order valence-corrected chi connectivity index (χ3v) is 9.36. The highest BCUT2D eigenvalue weighted by Gasteiger charge is 2.24. The molecule has 0 saturated carbocycles. The zero-order valence-electron chi connectivity index (χ0n) is 25.0. The maximum Gasteiger partial charge on any atom is 0.230 e. The Balaban J connectivity index is 1.20. The standard InChI is InChI=1S/C35H32ClN7O2S/c36-26-12-11-25(22-29(26)45-19-18-42-15-3-4-16-42)39-35-38-14-13-27(40-35)32-28-9-1-2-17-43(28)41-33(32)24-8-5-7-23(21-24)31(34(37)44)30-10-6-20-46-30/h1-2,5-14,17,20-22,31H,3-4,15-16,18-19H2,(H2,37,44)(H,38,39,40). The fourth-order valence-corrected chi connectivity index (χ4v) is 6.94. The Hall–Kier alpha value is -4.77. The molecular formula is C35H32ClN7O2S. The number of nitrogens with zero attached hydrogens (tertiary/aromatic N) is 5. The molecule has 4 aromatic heterocycles. The van der Waals surface area contributed by atoms with Crippen molar-refractivity contribution in [3.63, 3.8) is 0 Å². The molecular weight excluding hydrogens is 618 g/mol. The van der Waals surface area contributed by atoms with Gasteiger partial charge in [0.05, 0.1) is 27.7 Å². The maximum absolute atomic E-state index is 12.6. The first-order chi connectivity index (χ1) is 22.5. The minimum absolute atomic E-state index is 0.399. The van der Waals surface area contributed by atoms with Gasteiger partial charge in [0.1, 0.15) is 18.1 Å². The summed E-state index contributed by atoms with van der Waals surface area (Å²) >= 11 is 7.97. The van der Waals surface area contributed by atoms with Crippen molar-refractivity contribution in [1.82, 2.24) is 24.5 Å². The van der Waals surface area contributed by atoms with Gasteiger partial charge in [-0.15, -0.1) is 11.3 Å². The molecule has 1 aliphatic heterocycles. The van der Waals surface area contributed by atoms with E-state index < -0.39 is 11.8 Å². The minimum atomic E-state index is -0.552. The van der Waals surface area contributed by atoms with Gasteiger partial charge in [-0.3, -0.25) is 9.69 Å². The summed E-state index contributed by atoms with van der Waals surface area (Å²) in [7, 11) is 0. The first-order valence-electron chi connectivity index (χ1n) is 15.2. The zero-order chi connectivity index (χ0) is 31.5. The van der Waals surface area contributed by atoms with Crippen LogP contribution in [0.2, 0.25) is 5.02 Å². The van der Waals surface area contributed by atoms with Gasteiger partial charge in [-0.1, -0.05) is 41.9 Å². The molecule has 1 atom stereocenters. The Morgan fingerprint density at radius 1 is 1.04 bits per heavy atom. The van der Waals surface area contributed by atoms with E-state index in [2.05, 4.69) is 15.2 Å². The number of thiophene rings is 1. The molecule has 7 rings (SSSR count). The molecule has 0 bridgehead atoms. The summed E-state index contributed by atoms with van der Waals surface area (Å²) in [6.07, 6.45) is 6.12.